The van der Waals surface area contributed by atoms with E-state index >= 15 is 0 Å². The maximum atomic E-state index is 12.4. The largest absolute Gasteiger partial charge is 0.468 e. The number of ether oxygens (including phenoxy) is 1. The Bertz CT molecular complexity index is 312. The summed E-state index contributed by atoms with van der Waals surface area (Å²) in [5.41, 5.74) is -0.436. The minimum absolute atomic E-state index is 0.0443. The first kappa shape index (κ1) is 14.8. The van der Waals surface area contributed by atoms with E-state index in [4.69, 9.17) is 4.74 Å². The molecule has 2 saturated carbocycles. The van der Waals surface area contributed by atoms with Crippen molar-refractivity contribution in [3.63, 3.8) is 0 Å². The van der Waals surface area contributed by atoms with Gasteiger partial charge in [-0.3, -0.25) is 10.1 Å². The second-order valence-corrected chi connectivity index (χ2v) is 6.73. The monoisotopic (exact) mass is 267 g/mol. The summed E-state index contributed by atoms with van der Waals surface area (Å²) in [6.07, 6.45) is 9.62. The average molecular weight is 267 g/mol. The van der Waals surface area contributed by atoms with Crippen LogP contribution in [0.5, 0.6) is 0 Å². The standard InChI is InChI=1S/C16H29NO2/c1-12-9-10-13(2)16(11-12,15(18)19-3)17-14-7-5-4-6-8-14/h12-14,17H,4-11H2,1-3H3. The normalized spacial score (nSPS) is 37.0. The topological polar surface area (TPSA) is 38.3 Å². The van der Waals surface area contributed by atoms with Gasteiger partial charge in [0.15, 0.2) is 0 Å². The van der Waals surface area contributed by atoms with Crippen LogP contribution in [0.25, 0.3) is 0 Å². The summed E-state index contributed by atoms with van der Waals surface area (Å²) >= 11 is 0. The smallest absolute Gasteiger partial charge is 0.326 e. The fourth-order valence-corrected chi connectivity index (χ4v) is 3.97. The van der Waals surface area contributed by atoms with E-state index in [2.05, 4.69) is 19.2 Å². The zero-order chi connectivity index (χ0) is 13.9. The van der Waals surface area contributed by atoms with Crippen LogP contribution in [0.15, 0.2) is 0 Å². The molecule has 2 aliphatic carbocycles. The first-order valence-corrected chi connectivity index (χ1v) is 7.94. The van der Waals surface area contributed by atoms with Gasteiger partial charge in [-0.05, 0) is 37.5 Å². The summed E-state index contributed by atoms with van der Waals surface area (Å²) in [4.78, 5) is 12.4. The lowest BCUT2D eigenvalue weighted by atomic mass is 9.69. The van der Waals surface area contributed by atoms with E-state index in [9.17, 15) is 4.79 Å². The highest BCUT2D eigenvalue weighted by atomic mass is 16.5. The van der Waals surface area contributed by atoms with E-state index in [0.717, 1.165) is 12.8 Å². The van der Waals surface area contributed by atoms with Gasteiger partial charge in [0.2, 0.25) is 0 Å². The number of methoxy groups -OCH3 is 1. The molecule has 0 aromatic carbocycles. The third-order valence-electron chi connectivity index (χ3n) is 5.22. The zero-order valence-electron chi connectivity index (χ0n) is 12.7. The van der Waals surface area contributed by atoms with Crippen molar-refractivity contribution in [1.82, 2.24) is 5.32 Å². The number of rotatable bonds is 3. The molecular weight excluding hydrogens is 238 g/mol. The van der Waals surface area contributed by atoms with Crippen molar-refractivity contribution in [1.29, 1.82) is 0 Å². The van der Waals surface area contributed by atoms with Crippen molar-refractivity contribution in [3.05, 3.63) is 0 Å². The molecule has 3 atom stereocenters. The highest BCUT2D eigenvalue weighted by Crippen LogP contribution is 2.39. The summed E-state index contributed by atoms with van der Waals surface area (Å²) in [5.74, 6) is 0.932. The molecule has 2 rings (SSSR count). The predicted octanol–water partition coefficient (Wildman–Crippen LogP) is 3.28. The number of nitrogens with one attached hydrogen (secondary N) is 1. The van der Waals surface area contributed by atoms with Crippen LogP contribution < -0.4 is 5.32 Å². The summed E-state index contributed by atoms with van der Waals surface area (Å²) in [6, 6.07) is 0.501. The molecule has 0 saturated heterocycles. The van der Waals surface area contributed by atoms with Crippen LogP contribution in [0.3, 0.4) is 0 Å². The van der Waals surface area contributed by atoms with Crippen molar-refractivity contribution in [2.75, 3.05) is 7.11 Å². The lowest BCUT2D eigenvalue weighted by Gasteiger charge is -2.46. The Morgan fingerprint density at radius 1 is 1.11 bits per heavy atom. The van der Waals surface area contributed by atoms with E-state index in [1.165, 1.54) is 45.6 Å². The fraction of sp³-hybridized carbons (Fsp3) is 0.938. The van der Waals surface area contributed by atoms with Crippen LogP contribution in [0, 0.1) is 11.8 Å². The Kier molecular flexibility index (Phi) is 4.88. The molecule has 3 heteroatoms. The number of hydrogen-bond donors (Lipinski definition) is 1. The van der Waals surface area contributed by atoms with Crippen molar-refractivity contribution >= 4 is 5.97 Å². The van der Waals surface area contributed by atoms with E-state index in [1.54, 1.807) is 0 Å². The second-order valence-electron chi connectivity index (χ2n) is 6.73. The summed E-state index contributed by atoms with van der Waals surface area (Å²) < 4.78 is 5.15. The molecule has 2 aliphatic rings. The molecule has 0 amide bonds. The van der Waals surface area contributed by atoms with Crippen molar-refractivity contribution in [3.8, 4) is 0 Å². The van der Waals surface area contributed by atoms with Crippen molar-refractivity contribution < 1.29 is 9.53 Å². The summed E-state index contributed by atoms with van der Waals surface area (Å²) in [5, 5.41) is 3.73. The number of carbonyl (C=O) groups excluding carboxylic acids is 1. The fourth-order valence-electron chi connectivity index (χ4n) is 3.97. The minimum atomic E-state index is -0.436. The Morgan fingerprint density at radius 2 is 1.79 bits per heavy atom. The molecule has 0 radical (unpaired) electrons. The van der Waals surface area contributed by atoms with E-state index < -0.39 is 5.54 Å². The lowest BCUT2D eigenvalue weighted by molar-refractivity contribution is -0.154. The van der Waals surface area contributed by atoms with Crippen molar-refractivity contribution in [2.24, 2.45) is 11.8 Å². The molecule has 1 N–H and O–H groups in total. The van der Waals surface area contributed by atoms with Gasteiger partial charge in [-0.1, -0.05) is 39.5 Å². The number of carbonyl (C=O) groups is 1. The highest BCUT2D eigenvalue weighted by molar-refractivity contribution is 5.81. The number of hydrogen-bond acceptors (Lipinski definition) is 3. The van der Waals surface area contributed by atoms with Crippen LogP contribution >= 0.6 is 0 Å². The maximum absolute atomic E-state index is 12.4. The first-order valence-electron chi connectivity index (χ1n) is 7.94. The SMILES string of the molecule is COC(=O)C1(NC2CCCCC2)CC(C)CCC1C. The van der Waals surface area contributed by atoms with Gasteiger partial charge in [0.25, 0.3) is 0 Å². The van der Waals surface area contributed by atoms with Gasteiger partial charge >= 0.3 is 5.97 Å². The lowest BCUT2D eigenvalue weighted by Crippen LogP contribution is -2.62. The van der Waals surface area contributed by atoms with Gasteiger partial charge in [0.1, 0.15) is 5.54 Å². The van der Waals surface area contributed by atoms with Crippen molar-refractivity contribution in [2.45, 2.75) is 76.8 Å². The van der Waals surface area contributed by atoms with Gasteiger partial charge in [-0.2, -0.15) is 0 Å². The molecule has 0 aromatic rings. The summed E-state index contributed by atoms with van der Waals surface area (Å²) in [6.45, 7) is 4.46. The van der Waals surface area contributed by atoms with Gasteiger partial charge < -0.3 is 4.74 Å². The third-order valence-corrected chi connectivity index (χ3v) is 5.22. The molecule has 2 fully saturated rings. The quantitative estimate of drug-likeness (QED) is 0.798. The van der Waals surface area contributed by atoms with Crippen LogP contribution in [0.4, 0.5) is 0 Å². The molecule has 3 nitrogen and oxygen atoms in total. The summed E-state index contributed by atoms with van der Waals surface area (Å²) in [7, 11) is 1.53. The van der Waals surface area contributed by atoms with Gasteiger partial charge in [0.05, 0.1) is 7.11 Å². The molecule has 19 heavy (non-hydrogen) atoms. The highest BCUT2D eigenvalue weighted by Gasteiger charge is 2.48. The zero-order valence-corrected chi connectivity index (χ0v) is 12.7. The van der Waals surface area contributed by atoms with E-state index in [1.807, 2.05) is 0 Å². The van der Waals surface area contributed by atoms with E-state index in [-0.39, 0.29) is 5.97 Å². The average Bonchev–Trinajstić information content (AvgIpc) is 2.43. The maximum Gasteiger partial charge on any atom is 0.326 e. The Balaban J connectivity index is 2.15. The van der Waals surface area contributed by atoms with E-state index in [0.29, 0.717) is 17.9 Å². The Hall–Kier alpha value is -0.570. The van der Waals surface area contributed by atoms with Gasteiger partial charge in [-0.25, -0.2) is 0 Å². The predicted molar refractivity (Wildman–Crippen MR) is 76.9 cm³/mol. The minimum Gasteiger partial charge on any atom is -0.468 e. The van der Waals surface area contributed by atoms with Gasteiger partial charge in [-0.15, -0.1) is 0 Å². The number of esters is 1. The van der Waals surface area contributed by atoms with Crippen LogP contribution in [0.1, 0.15) is 65.2 Å². The molecule has 0 heterocycles. The van der Waals surface area contributed by atoms with Crippen LogP contribution in [0.2, 0.25) is 0 Å². The van der Waals surface area contributed by atoms with Gasteiger partial charge in [0, 0.05) is 6.04 Å². The Labute approximate surface area is 117 Å². The molecule has 0 aliphatic heterocycles. The molecule has 0 spiro atoms. The molecular formula is C16H29NO2. The third kappa shape index (κ3) is 3.13. The first-order chi connectivity index (χ1) is 9.08. The molecule has 3 unspecified atom stereocenters. The second kappa shape index (κ2) is 6.25. The van der Waals surface area contributed by atoms with Crippen LogP contribution in [-0.4, -0.2) is 24.7 Å². The molecule has 0 bridgehead atoms. The molecule has 110 valence electrons. The Morgan fingerprint density at radius 3 is 2.42 bits per heavy atom. The molecule has 0 aromatic heterocycles. The van der Waals surface area contributed by atoms with Crippen LogP contribution in [-0.2, 0) is 9.53 Å².